The van der Waals surface area contributed by atoms with Crippen LogP contribution in [-0.2, 0) is 6.42 Å². The van der Waals surface area contributed by atoms with Crippen molar-refractivity contribution in [2.45, 2.75) is 38.3 Å². The number of hydrogen-bond donors (Lipinski definition) is 1. The molecule has 3 nitrogen and oxygen atoms in total. The lowest BCUT2D eigenvalue weighted by Crippen LogP contribution is -2.39. The zero-order chi connectivity index (χ0) is 12.5. The molecule has 2 aliphatic rings. The van der Waals surface area contributed by atoms with Crippen molar-refractivity contribution in [2.75, 3.05) is 19.7 Å². The Kier molecular flexibility index (Phi) is 3.27. The lowest BCUT2D eigenvalue weighted by Gasteiger charge is -2.25. The van der Waals surface area contributed by atoms with Crippen LogP contribution in [0.15, 0.2) is 18.2 Å². The number of fused-ring (bicyclic) bond motifs is 1. The molecular weight excluding hydrogens is 226 g/mol. The van der Waals surface area contributed by atoms with Gasteiger partial charge in [-0.05, 0) is 37.9 Å². The summed E-state index contributed by atoms with van der Waals surface area (Å²) in [4.78, 5) is 2.38. The van der Waals surface area contributed by atoms with Crippen LogP contribution in [0.3, 0.4) is 0 Å². The quantitative estimate of drug-likeness (QED) is 0.883. The van der Waals surface area contributed by atoms with Crippen LogP contribution in [0.1, 0.15) is 24.0 Å². The van der Waals surface area contributed by atoms with E-state index in [9.17, 15) is 5.11 Å². The van der Waals surface area contributed by atoms with Gasteiger partial charge in [0.1, 0.15) is 11.9 Å². The topological polar surface area (TPSA) is 32.7 Å². The molecule has 2 atom stereocenters. The molecule has 2 heterocycles. The molecule has 0 spiro atoms. The van der Waals surface area contributed by atoms with Crippen molar-refractivity contribution < 1.29 is 9.84 Å². The summed E-state index contributed by atoms with van der Waals surface area (Å²) in [5, 5.41) is 9.34. The summed E-state index contributed by atoms with van der Waals surface area (Å²) in [6, 6.07) is 6.76. The Hall–Kier alpha value is -1.06. The molecular formula is C15H21NO2. The van der Waals surface area contributed by atoms with Crippen LogP contribution >= 0.6 is 0 Å². The lowest BCUT2D eigenvalue weighted by atomic mass is 10.1. The van der Waals surface area contributed by atoms with Crippen molar-refractivity contribution in [1.29, 1.82) is 0 Å². The number of hydrogen-bond acceptors (Lipinski definition) is 3. The molecule has 3 heteroatoms. The molecule has 0 radical (unpaired) electrons. The number of aliphatic hydroxyl groups excluding tert-OH is 1. The van der Waals surface area contributed by atoms with Gasteiger partial charge in [0.2, 0.25) is 0 Å². The van der Waals surface area contributed by atoms with Gasteiger partial charge in [0.15, 0.2) is 0 Å². The van der Waals surface area contributed by atoms with Gasteiger partial charge in [-0.3, -0.25) is 4.90 Å². The van der Waals surface area contributed by atoms with E-state index in [-0.39, 0.29) is 12.7 Å². The van der Waals surface area contributed by atoms with Gasteiger partial charge in [-0.1, -0.05) is 17.7 Å². The van der Waals surface area contributed by atoms with Gasteiger partial charge in [0.05, 0.1) is 6.61 Å². The molecule has 2 aliphatic heterocycles. The van der Waals surface area contributed by atoms with Gasteiger partial charge in [-0.15, -0.1) is 0 Å². The number of aliphatic hydroxyl groups is 1. The lowest BCUT2D eigenvalue weighted by molar-refractivity contribution is 0.109. The van der Waals surface area contributed by atoms with Gasteiger partial charge < -0.3 is 9.84 Å². The monoisotopic (exact) mass is 247 g/mol. The minimum Gasteiger partial charge on any atom is -0.488 e. The molecule has 1 fully saturated rings. The standard InChI is InChI=1S/C15H21NO2/c1-11-4-5-15-12(7-11)8-14(18-15)9-16-6-2-3-13(16)10-17/h4-5,7,13-14,17H,2-3,6,8-10H2,1H3/t13-,14?/m1/s1. The normalized spacial score (nSPS) is 27.2. The smallest absolute Gasteiger partial charge is 0.123 e. The molecule has 0 aromatic heterocycles. The number of ether oxygens (including phenoxy) is 1. The Balaban J connectivity index is 1.64. The fourth-order valence-corrected chi connectivity index (χ4v) is 3.15. The fraction of sp³-hybridized carbons (Fsp3) is 0.600. The minimum absolute atomic E-state index is 0.258. The van der Waals surface area contributed by atoms with Gasteiger partial charge in [0, 0.05) is 19.0 Å². The molecule has 1 aromatic rings. The SMILES string of the molecule is Cc1ccc2c(c1)CC(CN1CCC[C@@H]1CO)O2. The van der Waals surface area contributed by atoms with Gasteiger partial charge in [-0.25, -0.2) is 0 Å². The van der Waals surface area contributed by atoms with E-state index in [1.807, 2.05) is 0 Å². The molecule has 98 valence electrons. The zero-order valence-electron chi connectivity index (χ0n) is 10.9. The Morgan fingerprint density at radius 3 is 3.17 bits per heavy atom. The summed E-state index contributed by atoms with van der Waals surface area (Å²) in [6.45, 7) is 4.44. The predicted octanol–water partition coefficient (Wildman–Crippen LogP) is 1.76. The molecule has 0 saturated carbocycles. The summed E-state index contributed by atoms with van der Waals surface area (Å²) in [5.41, 5.74) is 2.63. The Bertz CT molecular complexity index is 433. The second-order valence-corrected chi connectivity index (χ2v) is 5.53. The molecule has 0 amide bonds. The van der Waals surface area contributed by atoms with Crippen LogP contribution in [0.4, 0.5) is 0 Å². The number of likely N-dealkylation sites (tertiary alicyclic amines) is 1. The number of benzene rings is 1. The predicted molar refractivity (Wildman–Crippen MR) is 71.0 cm³/mol. The molecule has 1 aromatic carbocycles. The second-order valence-electron chi connectivity index (χ2n) is 5.53. The van der Waals surface area contributed by atoms with Crippen LogP contribution in [0.2, 0.25) is 0 Å². The van der Waals surface area contributed by atoms with E-state index in [2.05, 4.69) is 30.0 Å². The average molecular weight is 247 g/mol. The third-order valence-corrected chi connectivity index (χ3v) is 4.11. The second kappa shape index (κ2) is 4.90. The number of nitrogens with zero attached hydrogens (tertiary/aromatic N) is 1. The van der Waals surface area contributed by atoms with E-state index in [1.165, 1.54) is 17.5 Å². The first kappa shape index (κ1) is 12.0. The maximum absolute atomic E-state index is 9.34. The van der Waals surface area contributed by atoms with Gasteiger partial charge in [-0.2, -0.15) is 0 Å². The Morgan fingerprint density at radius 1 is 1.44 bits per heavy atom. The van der Waals surface area contributed by atoms with E-state index < -0.39 is 0 Å². The first-order valence-corrected chi connectivity index (χ1v) is 6.87. The first-order chi connectivity index (χ1) is 8.76. The highest BCUT2D eigenvalue weighted by Crippen LogP contribution is 2.30. The maximum atomic E-state index is 9.34. The highest BCUT2D eigenvalue weighted by Gasteiger charge is 2.30. The third-order valence-electron chi connectivity index (χ3n) is 4.11. The maximum Gasteiger partial charge on any atom is 0.123 e. The molecule has 0 bridgehead atoms. The summed E-state index contributed by atoms with van der Waals surface area (Å²) >= 11 is 0. The first-order valence-electron chi connectivity index (χ1n) is 6.87. The van der Waals surface area contributed by atoms with E-state index in [0.29, 0.717) is 6.04 Å². The summed E-state index contributed by atoms with van der Waals surface area (Å²) in [5.74, 6) is 1.05. The molecule has 1 saturated heterocycles. The van der Waals surface area contributed by atoms with E-state index >= 15 is 0 Å². The van der Waals surface area contributed by atoms with E-state index in [1.54, 1.807) is 0 Å². The van der Waals surface area contributed by atoms with Crippen LogP contribution in [0.5, 0.6) is 5.75 Å². The van der Waals surface area contributed by atoms with Gasteiger partial charge >= 0.3 is 0 Å². The van der Waals surface area contributed by atoms with Crippen molar-refractivity contribution in [3.63, 3.8) is 0 Å². The highest BCUT2D eigenvalue weighted by molar-refractivity contribution is 5.40. The fourth-order valence-electron chi connectivity index (χ4n) is 3.15. The van der Waals surface area contributed by atoms with Crippen LogP contribution in [-0.4, -0.2) is 41.8 Å². The van der Waals surface area contributed by atoms with Crippen molar-refractivity contribution in [3.05, 3.63) is 29.3 Å². The van der Waals surface area contributed by atoms with Crippen LogP contribution < -0.4 is 4.74 Å². The zero-order valence-corrected chi connectivity index (χ0v) is 10.9. The van der Waals surface area contributed by atoms with E-state index in [0.717, 1.165) is 31.7 Å². The van der Waals surface area contributed by atoms with Crippen LogP contribution in [0, 0.1) is 6.92 Å². The minimum atomic E-state index is 0.258. The average Bonchev–Trinajstić information content (AvgIpc) is 2.94. The van der Waals surface area contributed by atoms with E-state index in [4.69, 9.17) is 4.74 Å². The third kappa shape index (κ3) is 2.25. The largest absolute Gasteiger partial charge is 0.488 e. The Labute approximate surface area is 108 Å². The molecule has 0 aliphatic carbocycles. The molecule has 3 rings (SSSR count). The number of rotatable bonds is 3. The molecule has 18 heavy (non-hydrogen) atoms. The summed E-state index contributed by atoms with van der Waals surface area (Å²) in [6.07, 6.45) is 3.58. The summed E-state index contributed by atoms with van der Waals surface area (Å²) < 4.78 is 5.99. The van der Waals surface area contributed by atoms with Crippen molar-refractivity contribution in [1.82, 2.24) is 4.90 Å². The highest BCUT2D eigenvalue weighted by atomic mass is 16.5. The van der Waals surface area contributed by atoms with Crippen molar-refractivity contribution >= 4 is 0 Å². The summed E-state index contributed by atoms with van der Waals surface area (Å²) in [7, 11) is 0. The molecule has 1 N–H and O–H groups in total. The van der Waals surface area contributed by atoms with Crippen molar-refractivity contribution in [2.24, 2.45) is 0 Å². The Morgan fingerprint density at radius 2 is 2.33 bits per heavy atom. The van der Waals surface area contributed by atoms with Gasteiger partial charge in [0.25, 0.3) is 0 Å². The number of aryl methyl sites for hydroxylation is 1. The van der Waals surface area contributed by atoms with Crippen LogP contribution in [0.25, 0.3) is 0 Å². The molecule has 1 unspecified atom stereocenters. The van der Waals surface area contributed by atoms with Crippen molar-refractivity contribution in [3.8, 4) is 5.75 Å².